The second-order valence-electron chi connectivity index (χ2n) is 6.79. The molecular formula is C25H15NO. The molecule has 3 aromatic carbocycles. The molecule has 2 heterocycles. The fourth-order valence-corrected chi connectivity index (χ4v) is 4.20. The van der Waals surface area contributed by atoms with Gasteiger partial charge in [-0.25, -0.2) is 0 Å². The van der Waals surface area contributed by atoms with E-state index in [9.17, 15) is 0 Å². The third-order valence-corrected chi connectivity index (χ3v) is 5.31. The predicted octanol–water partition coefficient (Wildman–Crippen LogP) is 6.18. The summed E-state index contributed by atoms with van der Waals surface area (Å²) in [5.41, 5.74) is 9.35. The van der Waals surface area contributed by atoms with Crippen molar-refractivity contribution in [3.8, 4) is 22.8 Å². The van der Waals surface area contributed by atoms with E-state index in [0.29, 0.717) is 0 Å². The number of aromatic nitrogens is 1. The molecule has 6 rings (SSSR count). The molecule has 126 valence electrons. The SMILES string of the molecule is c1ccc2c(c1)Oc1ccccc1C2=C1c2ccccc2-c2ncccc21. The van der Waals surface area contributed by atoms with Crippen LogP contribution in [0.15, 0.2) is 91.1 Å². The Morgan fingerprint density at radius 2 is 1.00 bits per heavy atom. The summed E-state index contributed by atoms with van der Waals surface area (Å²) >= 11 is 0. The number of nitrogens with zero attached hydrogens (tertiary/aromatic N) is 1. The molecule has 2 aliphatic rings. The highest BCUT2D eigenvalue weighted by Gasteiger charge is 2.31. The summed E-state index contributed by atoms with van der Waals surface area (Å²) in [5.74, 6) is 1.79. The number of ether oxygens (including phenoxy) is 1. The first kappa shape index (κ1) is 14.5. The zero-order valence-corrected chi connectivity index (χ0v) is 14.5. The molecule has 0 saturated heterocycles. The van der Waals surface area contributed by atoms with Crippen molar-refractivity contribution in [1.82, 2.24) is 4.98 Å². The molecule has 1 aliphatic carbocycles. The first-order chi connectivity index (χ1) is 13.4. The van der Waals surface area contributed by atoms with Crippen LogP contribution in [0.5, 0.6) is 11.5 Å². The van der Waals surface area contributed by atoms with Gasteiger partial charge in [0.1, 0.15) is 11.5 Å². The maximum atomic E-state index is 6.19. The largest absolute Gasteiger partial charge is 0.456 e. The topological polar surface area (TPSA) is 22.1 Å². The fourth-order valence-electron chi connectivity index (χ4n) is 4.20. The smallest absolute Gasteiger partial charge is 0.135 e. The Balaban J connectivity index is 1.81. The van der Waals surface area contributed by atoms with E-state index < -0.39 is 0 Å². The van der Waals surface area contributed by atoms with Gasteiger partial charge in [0.25, 0.3) is 0 Å². The molecule has 0 N–H and O–H groups in total. The van der Waals surface area contributed by atoms with Crippen LogP contribution in [0.4, 0.5) is 0 Å². The lowest BCUT2D eigenvalue weighted by atomic mass is 9.86. The molecular weight excluding hydrogens is 330 g/mol. The Morgan fingerprint density at radius 3 is 1.70 bits per heavy atom. The molecule has 0 unspecified atom stereocenters. The Morgan fingerprint density at radius 1 is 0.481 bits per heavy atom. The van der Waals surface area contributed by atoms with Gasteiger partial charge < -0.3 is 4.74 Å². The third kappa shape index (κ3) is 1.98. The molecule has 1 aromatic heterocycles. The number of para-hydroxylation sites is 2. The van der Waals surface area contributed by atoms with E-state index in [1.165, 1.54) is 27.8 Å². The Hall–Kier alpha value is -3.65. The lowest BCUT2D eigenvalue weighted by Crippen LogP contribution is -2.04. The average molecular weight is 345 g/mol. The second kappa shape index (κ2) is 5.42. The molecule has 0 atom stereocenters. The summed E-state index contributed by atoms with van der Waals surface area (Å²) in [6.45, 7) is 0. The Kier molecular flexibility index (Phi) is 2.91. The predicted molar refractivity (Wildman–Crippen MR) is 108 cm³/mol. The summed E-state index contributed by atoms with van der Waals surface area (Å²) in [6, 6.07) is 29.3. The van der Waals surface area contributed by atoms with Gasteiger partial charge in [-0.05, 0) is 23.8 Å². The van der Waals surface area contributed by atoms with E-state index in [0.717, 1.165) is 28.3 Å². The zero-order chi connectivity index (χ0) is 17.8. The summed E-state index contributed by atoms with van der Waals surface area (Å²) in [4.78, 5) is 4.69. The third-order valence-electron chi connectivity index (χ3n) is 5.31. The molecule has 0 bridgehead atoms. The average Bonchev–Trinajstić information content (AvgIpc) is 3.06. The minimum absolute atomic E-state index is 0.897. The first-order valence-corrected chi connectivity index (χ1v) is 9.08. The van der Waals surface area contributed by atoms with Crippen LogP contribution in [0.3, 0.4) is 0 Å². The molecule has 0 amide bonds. The van der Waals surface area contributed by atoms with E-state index in [4.69, 9.17) is 9.72 Å². The molecule has 1 aliphatic heterocycles. The number of pyridine rings is 1. The molecule has 2 nitrogen and oxygen atoms in total. The second-order valence-corrected chi connectivity index (χ2v) is 6.79. The zero-order valence-electron chi connectivity index (χ0n) is 14.5. The quantitative estimate of drug-likeness (QED) is 0.328. The van der Waals surface area contributed by atoms with E-state index in [2.05, 4.69) is 54.6 Å². The Bertz CT molecular complexity index is 1160. The van der Waals surface area contributed by atoms with Crippen LogP contribution >= 0.6 is 0 Å². The van der Waals surface area contributed by atoms with E-state index in [1.807, 2.05) is 36.5 Å². The number of benzene rings is 3. The standard InChI is InChI=1S/C25H15NO/c1-2-9-17-16(8-1)23(20-12-7-15-26-25(17)20)24-18-10-3-5-13-21(18)27-22-14-6-4-11-19(22)24/h1-15H. The van der Waals surface area contributed by atoms with Gasteiger partial charge in [0, 0.05) is 39.6 Å². The van der Waals surface area contributed by atoms with E-state index in [-0.39, 0.29) is 0 Å². The maximum Gasteiger partial charge on any atom is 0.135 e. The summed E-state index contributed by atoms with van der Waals surface area (Å²) in [5, 5.41) is 0. The first-order valence-electron chi connectivity index (χ1n) is 9.08. The van der Waals surface area contributed by atoms with E-state index >= 15 is 0 Å². The van der Waals surface area contributed by atoms with Crippen molar-refractivity contribution in [3.63, 3.8) is 0 Å². The molecule has 27 heavy (non-hydrogen) atoms. The van der Waals surface area contributed by atoms with Gasteiger partial charge in [-0.3, -0.25) is 4.98 Å². The molecule has 0 spiro atoms. The number of hydrogen-bond donors (Lipinski definition) is 0. The highest BCUT2D eigenvalue weighted by molar-refractivity contribution is 6.14. The number of hydrogen-bond acceptors (Lipinski definition) is 2. The van der Waals surface area contributed by atoms with E-state index in [1.54, 1.807) is 0 Å². The van der Waals surface area contributed by atoms with Crippen LogP contribution < -0.4 is 4.74 Å². The van der Waals surface area contributed by atoms with Gasteiger partial charge in [0.2, 0.25) is 0 Å². The van der Waals surface area contributed by atoms with Crippen LogP contribution in [-0.4, -0.2) is 4.98 Å². The lowest BCUT2D eigenvalue weighted by Gasteiger charge is -2.25. The molecule has 4 aromatic rings. The fraction of sp³-hybridized carbons (Fsp3) is 0. The van der Waals surface area contributed by atoms with Crippen LogP contribution in [0, 0.1) is 0 Å². The molecule has 0 saturated carbocycles. The monoisotopic (exact) mass is 345 g/mol. The normalized spacial score (nSPS) is 13.3. The number of fused-ring (bicyclic) bond motifs is 5. The van der Waals surface area contributed by atoms with Crippen LogP contribution in [0.2, 0.25) is 0 Å². The lowest BCUT2D eigenvalue weighted by molar-refractivity contribution is 0.474. The van der Waals surface area contributed by atoms with Crippen LogP contribution in [-0.2, 0) is 0 Å². The van der Waals surface area contributed by atoms with Crippen molar-refractivity contribution in [2.45, 2.75) is 0 Å². The minimum atomic E-state index is 0.897. The summed E-state index contributed by atoms with van der Waals surface area (Å²) in [7, 11) is 0. The van der Waals surface area contributed by atoms with Gasteiger partial charge in [-0.2, -0.15) is 0 Å². The molecule has 2 heteroatoms. The minimum Gasteiger partial charge on any atom is -0.456 e. The van der Waals surface area contributed by atoms with Gasteiger partial charge in [0.15, 0.2) is 0 Å². The van der Waals surface area contributed by atoms with Crippen molar-refractivity contribution >= 4 is 11.1 Å². The van der Waals surface area contributed by atoms with Crippen LogP contribution in [0.25, 0.3) is 22.4 Å². The van der Waals surface area contributed by atoms with Gasteiger partial charge in [0.05, 0.1) is 5.69 Å². The maximum absolute atomic E-state index is 6.19. The number of rotatable bonds is 0. The van der Waals surface area contributed by atoms with Crippen molar-refractivity contribution in [1.29, 1.82) is 0 Å². The van der Waals surface area contributed by atoms with Crippen molar-refractivity contribution in [3.05, 3.63) is 113 Å². The molecule has 0 radical (unpaired) electrons. The van der Waals surface area contributed by atoms with Gasteiger partial charge >= 0.3 is 0 Å². The van der Waals surface area contributed by atoms with Crippen molar-refractivity contribution in [2.75, 3.05) is 0 Å². The molecule has 0 fully saturated rings. The van der Waals surface area contributed by atoms with Crippen molar-refractivity contribution < 1.29 is 4.74 Å². The van der Waals surface area contributed by atoms with Crippen LogP contribution in [0.1, 0.15) is 22.3 Å². The highest BCUT2D eigenvalue weighted by atomic mass is 16.5. The summed E-state index contributed by atoms with van der Waals surface area (Å²) < 4.78 is 6.19. The van der Waals surface area contributed by atoms with Gasteiger partial charge in [-0.1, -0.05) is 66.7 Å². The highest BCUT2D eigenvalue weighted by Crippen LogP contribution is 2.52. The van der Waals surface area contributed by atoms with Gasteiger partial charge in [-0.15, -0.1) is 0 Å². The van der Waals surface area contributed by atoms with Crippen molar-refractivity contribution in [2.24, 2.45) is 0 Å². The summed E-state index contributed by atoms with van der Waals surface area (Å²) in [6.07, 6.45) is 1.87. The Labute approximate surface area is 157 Å².